The first-order valence-electron chi connectivity index (χ1n) is 6.25. The molecule has 1 aromatic heterocycles. The molecule has 0 N–H and O–H groups in total. The zero-order chi connectivity index (χ0) is 13.7. The smallest absolute Gasteiger partial charge is 0.315 e. The molecule has 0 amide bonds. The van der Waals surface area contributed by atoms with Crippen LogP contribution >= 0.6 is 11.7 Å². The van der Waals surface area contributed by atoms with Gasteiger partial charge in [-0.05, 0) is 19.8 Å². The quantitative estimate of drug-likeness (QED) is 0.764. The van der Waals surface area contributed by atoms with Crippen LogP contribution in [-0.2, 0) is 14.3 Å². The molecular weight excluding hydrogens is 268 g/mol. The van der Waals surface area contributed by atoms with Gasteiger partial charge in [0.2, 0.25) is 5.88 Å². The van der Waals surface area contributed by atoms with Crippen LogP contribution < -0.4 is 4.74 Å². The normalized spacial score (nSPS) is 18.1. The summed E-state index contributed by atoms with van der Waals surface area (Å²) >= 11 is 1.05. The molecule has 0 aromatic carbocycles. The minimum atomic E-state index is -0.729. The number of hydrogen-bond acceptors (Lipinski definition) is 7. The van der Waals surface area contributed by atoms with Gasteiger partial charge in [0.25, 0.3) is 0 Å². The Bertz CT molecular complexity index is 437. The summed E-state index contributed by atoms with van der Waals surface area (Å²) in [5.41, 5.74) is -0.729. The lowest BCUT2D eigenvalue weighted by molar-refractivity contribution is -0.160. The van der Waals surface area contributed by atoms with E-state index in [0.29, 0.717) is 38.2 Å². The van der Waals surface area contributed by atoms with Crippen molar-refractivity contribution < 1.29 is 19.1 Å². The molecule has 0 aliphatic heterocycles. The van der Waals surface area contributed by atoms with E-state index in [1.807, 2.05) is 0 Å². The van der Waals surface area contributed by atoms with E-state index in [4.69, 9.17) is 9.47 Å². The molecule has 1 fully saturated rings. The molecule has 0 saturated heterocycles. The van der Waals surface area contributed by atoms with Gasteiger partial charge in [-0.15, -0.1) is 4.37 Å². The molecule has 0 radical (unpaired) electrons. The minimum Gasteiger partial charge on any atom is -0.475 e. The number of ketones is 1. The third-order valence-electron chi connectivity index (χ3n) is 3.31. The number of carbonyl (C=O) groups is 2. The van der Waals surface area contributed by atoms with Gasteiger partial charge in [0.1, 0.15) is 24.0 Å². The van der Waals surface area contributed by atoms with Crippen LogP contribution in [0.4, 0.5) is 0 Å². The monoisotopic (exact) mass is 284 g/mol. The SMILES string of the molecule is CCOC(=O)C1(COc2cnsn2)CCC(=O)CC1. The molecule has 0 bridgehead atoms. The van der Waals surface area contributed by atoms with E-state index in [1.165, 1.54) is 6.20 Å². The van der Waals surface area contributed by atoms with Crippen molar-refractivity contribution in [1.29, 1.82) is 0 Å². The van der Waals surface area contributed by atoms with Crippen LogP contribution in [0.3, 0.4) is 0 Å². The van der Waals surface area contributed by atoms with Gasteiger partial charge in [-0.1, -0.05) is 0 Å². The zero-order valence-electron chi connectivity index (χ0n) is 10.8. The number of aromatic nitrogens is 2. The van der Waals surface area contributed by atoms with E-state index in [2.05, 4.69) is 8.75 Å². The number of Topliss-reactive ketones (excluding diaryl/α,β-unsaturated/α-hetero) is 1. The fourth-order valence-corrected chi connectivity index (χ4v) is 2.50. The van der Waals surface area contributed by atoms with Gasteiger partial charge in [0.05, 0.1) is 18.3 Å². The van der Waals surface area contributed by atoms with Crippen molar-refractivity contribution in [2.24, 2.45) is 5.41 Å². The van der Waals surface area contributed by atoms with Crippen molar-refractivity contribution in [2.75, 3.05) is 13.2 Å². The minimum absolute atomic E-state index is 0.185. The number of hydrogen-bond donors (Lipinski definition) is 0. The third kappa shape index (κ3) is 3.28. The lowest BCUT2D eigenvalue weighted by Gasteiger charge is -2.33. The highest BCUT2D eigenvalue weighted by molar-refractivity contribution is 6.99. The maximum atomic E-state index is 12.1. The summed E-state index contributed by atoms with van der Waals surface area (Å²) in [4.78, 5) is 23.5. The van der Waals surface area contributed by atoms with Crippen LogP contribution in [0.25, 0.3) is 0 Å². The molecule has 0 spiro atoms. The maximum absolute atomic E-state index is 12.1. The second-order valence-electron chi connectivity index (χ2n) is 4.57. The molecule has 1 aliphatic carbocycles. The van der Waals surface area contributed by atoms with Gasteiger partial charge < -0.3 is 9.47 Å². The van der Waals surface area contributed by atoms with Gasteiger partial charge in [0.15, 0.2) is 0 Å². The highest BCUT2D eigenvalue weighted by Gasteiger charge is 2.44. The van der Waals surface area contributed by atoms with Gasteiger partial charge in [-0.3, -0.25) is 9.59 Å². The van der Waals surface area contributed by atoms with Crippen molar-refractivity contribution >= 4 is 23.5 Å². The van der Waals surface area contributed by atoms with Crippen LogP contribution in [0.5, 0.6) is 5.88 Å². The number of rotatable bonds is 5. The van der Waals surface area contributed by atoms with E-state index in [1.54, 1.807) is 6.92 Å². The van der Waals surface area contributed by atoms with E-state index in [-0.39, 0.29) is 18.4 Å². The van der Waals surface area contributed by atoms with Crippen molar-refractivity contribution in [3.05, 3.63) is 6.20 Å². The first-order valence-corrected chi connectivity index (χ1v) is 6.98. The Morgan fingerprint density at radius 2 is 2.21 bits per heavy atom. The summed E-state index contributed by atoms with van der Waals surface area (Å²) in [7, 11) is 0. The molecule has 1 saturated carbocycles. The van der Waals surface area contributed by atoms with Crippen LogP contribution in [-0.4, -0.2) is 33.7 Å². The second-order valence-corrected chi connectivity index (χ2v) is 5.13. The van der Waals surface area contributed by atoms with E-state index < -0.39 is 5.41 Å². The average Bonchev–Trinajstić information content (AvgIpc) is 2.92. The van der Waals surface area contributed by atoms with Crippen molar-refractivity contribution in [2.45, 2.75) is 32.6 Å². The molecule has 104 valence electrons. The van der Waals surface area contributed by atoms with E-state index >= 15 is 0 Å². The predicted molar refractivity (Wildman–Crippen MR) is 67.9 cm³/mol. The standard InChI is InChI=1S/C12H16N2O4S/c1-2-17-11(16)12(5-3-9(15)4-6-12)8-18-10-7-13-19-14-10/h7H,2-6,8H2,1H3. The summed E-state index contributed by atoms with van der Waals surface area (Å²) in [5, 5.41) is 0. The highest BCUT2D eigenvalue weighted by atomic mass is 32.1. The molecule has 6 nitrogen and oxygen atoms in total. The average molecular weight is 284 g/mol. The van der Waals surface area contributed by atoms with Gasteiger partial charge in [-0.2, -0.15) is 4.37 Å². The molecule has 1 heterocycles. The fourth-order valence-electron chi connectivity index (χ4n) is 2.13. The van der Waals surface area contributed by atoms with Crippen molar-refractivity contribution in [3.63, 3.8) is 0 Å². The van der Waals surface area contributed by atoms with Crippen LogP contribution in [0.1, 0.15) is 32.6 Å². The molecule has 1 aliphatic rings. The third-order valence-corrected chi connectivity index (χ3v) is 3.77. The van der Waals surface area contributed by atoms with Gasteiger partial charge >= 0.3 is 5.97 Å². The molecule has 2 rings (SSSR count). The number of ether oxygens (including phenoxy) is 2. The molecular formula is C12H16N2O4S. The van der Waals surface area contributed by atoms with E-state index in [0.717, 1.165) is 11.7 Å². The van der Waals surface area contributed by atoms with Crippen molar-refractivity contribution in [3.8, 4) is 5.88 Å². The Hall–Kier alpha value is -1.50. The summed E-state index contributed by atoms with van der Waals surface area (Å²) in [6.45, 7) is 2.28. The van der Waals surface area contributed by atoms with Gasteiger partial charge in [-0.25, -0.2) is 0 Å². The Kier molecular flexibility index (Phi) is 4.47. The Balaban J connectivity index is 2.05. The van der Waals surface area contributed by atoms with Gasteiger partial charge in [0, 0.05) is 12.8 Å². The Morgan fingerprint density at radius 1 is 1.47 bits per heavy atom. The predicted octanol–water partition coefficient (Wildman–Crippen LogP) is 1.61. The Labute approximate surface area is 115 Å². The molecule has 1 aromatic rings. The molecule has 19 heavy (non-hydrogen) atoms. The first kappa shape index (κ1) is 13.9. The summed E-state index contributed by atoms with van der Waals surface area (Å²) in [6.07, 6.45) is 3.26. The summed E-state index contributed by atoms with van der Waals surface area (Å²) in [5.74, 6) is 0.312. The molecule has 0 unspecified atom stereocenters. The largest absolute Gasteiger partial charge is 0.475 e. The lowest BCUT2D eigenvalue weighted by atomic mass is 9.74. The lowest BCUT2D eigenvalue weighted by Crippen LogP contribution is -2.42. The van der Waals surface area contributed by atoms with E-state index in [9.17, 15) is 9.59 Å². The van der Waals surface area contributed by atoms with Crippen LogP contribution in [0.2, 0.25) is 0 Å². The molecule has 0 atom stereocenters. The van der Waals surface area contributed by atoms with Crippen molar-refractivity contribution in [1.82, 2.24) is 8.75 Å². The highest BCUT2D eigenvalue weighted by Crippen LogP contribution is 2.36. The second kappa shape index (κ2) is 6.10. The fraction of sp³-hybridized carbons (Fsp3) is 0.667. The first-order chi connectivity index (χ1) is 9.16. The summed E-state index contributed by atoms with van der Waals surface area (Å²) < 4.78 is 18.4. The number of nitrogens with zero attached hydrogens (tertiary/aromatic N) is 2. The topological polar surface area (TPSA) is 78.4 Å². The number of esters is 1. The Morgan fingerprint density at radius 3 is 2.79 bits per heavy atom. The zero-order valence-corrected chi connectivity index (χ0v) is 11.6. The molecule has 7 heteroatoms. The van der Waals surface area contributed by atoms with Crippen LogP contribution in [0, 0.1) is 5.41 Å². The number of carbonyl (C=O) groups excluding carboxylic acids is 2. The summed E-state index contributed by atoms with van der Waals surface area (Å²) in [6, 6.07) is 0. The van der Waals surface area contributed by atoms with Crippen LogP contribution in [0.15, 0.2) is 6.20 Å². The maximum Gasteiger partial charge on any atom is 0.315 e.